The standard InChI is InChI=1S/C16H17BrClNO2/c1-20-15-6-5-11(9-13(15)17)10-21-16-12(7-8-19)3-2-4-14(16)18/h2-6,9H,7-8,10,19H2,1H3. The Labute approximate surface area is 138 Å². The van der Waals surface area contributed by atoms with Crippen LogP contribution >= 0.6 is 27.5 Å². The molecule has 0 unspecified atom stereocenters. The maximum atomic E-state index is 6.22. The summed E-state index contributed by atoms with van der Waals surface area (Å²) in [5.74, 6) is 1.50. The Balaban J connectivity index is 2.14. The normalized spacial score (nSPS) is 10.5. The van der Waals surface area contributed by atoms with Crippen molar-refractivity contribution in [2.45, 2.75) is 13.0 Å². The van der Waals surface area contributed by atoms with Gasteiger partial charge in [0.05, 0.1) is 16.6 Å². The molecular formula is C16H17BrClNO2. The van der Waals surface area contributed by atoms with E-state index in [0.717, 1.165) is 27.8 Å². The topological polar surface area (TPSA) is 44.5 Å². The molecule has 3 nitrogen and oxygen atoms in total. The zero-order valence-electron chi connectivity index (χ0n) is 11.7. The van der Waals surface area contributed by atoms with Crippen molar-refractivity contribution in [2.75, 3.05) is 13.7 Å². The van der Waals surface area contributed by atoms with Crippen molar-refractivity contribution in [1.29, 1.82) is 0 Å². The molecule has 0 aliphatic heterocycles. The van der Waals surface area contributed by atoms with Gasteiger partial charge >= 0.3 is 0 Å². The third-order valence-corrected chi connectivity index (χ3v) is 3.98. The van der Waals surface area contributed by atoms with Gasteiger partial charge in [-0.25, -0.2) is 0 Å². The molecule has 2 N–H and O–H groups in total. The van der Waals surface area contributed by atoms with Crippen molar-refractivity contribution < 1.29 is 9.47 Å². The number of ether oxygens (including phenoxy) is 2. The monoisotopic (exact) mass is 369 g/mol. The lowest BCUT2D eigenvalue weighted by atomic mass is 10.1. The minimum atomic E-state index is 0.434. The highest BCUT2D eigenvalue weighted by atomic mass is 79.9. The largest absolute Gasteiger partial charge is 0.496 e. The minimum absolute atomic E-state index is 0.434. The van der Waals surface area contributed by atoms with Gasteiger partial charge in [-0.1, -0.05) is 29.8 Å². The fourth-order valence-corrected chi connectivity index (χ4v) is 2.86. The van der Waals surface area contributed by atoms with Crippen molar-refractivity contribution in [3.8, 4) is 11.5 Å². The van der Waals surface area contributed by atoms with Crippen molar-refractivity contribution in [3.05, 3.63) is 57.0 Å². The number of rotatable bonds is 6. The van der Waals surface area contributed by atoms with Crippen LogP contribution < -0.4 is 15.2 Å². The number of methoxy groups -OCH3 is 1. The number of hydrogen-bond acceptors (Lipinski definition) is 3. The first-order valence-electron chi connectivity index (χ1n) is 6.58. The molecule has 2 aromatic carbocycles. The van der Waals surface area contributed by atoms with Crippen LogP contribution in [0.2, 0.25) is 5.02 Å². The van der Waals surface area contributed by atoms with Gasteiger partial charge < -0.3 is 15.2 Å². The molecule has 0 spiro atoms. The van der Waals surface area contributed by atoms with Crippen molar-refractivity contribution in [3.63, 3.8) is 0 Å². The summed E-state index contributed by atoms with van der Waals surface area (Å²) in [5.41, 5.74) is 7.67. The summed E-state index contributed by atoms with van der Waals surface area (Å²) in [6.07, 6.45) is 0.738. The first-order chi connectivity index (χ1) is 10.2. The smallest absolute Gasteiger partial charge is 0.141 e. The van der Waals surface area contributed by atoms with Gasteiger partial charge in [-0.3, -0.25) is 0 Å². The average molecular weight is 371 g/mol. The Hall–Kier alpha value is -1.23. The van der Waals surface area contributed by atoms with Crippen LogP contribution in [-0.4, -0.2) is 13.7 Å². The zero-order chi connectivity index (χ0) is 15.2. The molecule has 2 aromatic rings. The Morgan fingerprint density at radius 2 is 2.05 bits per heavy atom. The third-order valence-electron chi connectivity index (χ3n) is 3.06. The van der Waals surface area contributed by atoms with E-state index in [9.17, 15) is 0 Å². The van der Waals surface area contributed by atoms with Gasteiger partial charge in [-0.15, -0.1) is 0 Å². The molecule has 112 valence electrons. The lowest BCUT2D eigenvalue weighted by Gasteiger charge is -2.13. The highest BCUT2D eigenvalue weighted by Crippen LogP contribution is 2.31. The summed E-state index contributed by atoms with van der Waals surface area (Å²) in [5, 5.41) is 0.605. The van der Waals surface area contributed by atoms with Crippen molar-refractivity contribution >= 4 is 27.5 Å². The van der Waals surface area contributed by atoms with Crippen molar-refractivity contribution in [1.82, 2.24) is 0 Å². The molecule has 0 atom stereocenters. The molecule has 2 rings (SSSR count). The van der Waals surface area contributed by atoms with E-state index in [-0.39, 0.29) is 0 Å². The first kappa shape index (κ1) is 16.1. The van der Waals surface area contributed by atoms with Gasteiger partial charge in [0.2, 0.25) is 0 Å². The van der Waals surface area contributed by atoms with Crippen LogP contribution in [0.1, 0.15) is 11.1 Å². The molecule has 0 fully saturated rings. The van der Waals surface area contributed by atoms with Crippen LogP contribution in [0.4, 0.5) is 0 Å². The maximum Gasteiger partial charge on any atom is 0.141 e. The fourth-order valence-electron chi connectivity index (χ4n) is 2.02. The van der Waals surface area contributed by atoms with E-state index in [1.54, 1.807) is 7.11 Å². The van der Waals surface area contributed by atoms with E-state index in [2.05, 4.69) is 15.9 Å². The maximum absolute atomic E-state index is 6.22. The van der Waals surface area contributed by atoms with Crippen LogP contribution in [0.15, 0.2) is 40.9 Å². The number of hydrogen-bond donors (Lipinski definition) is 1. The third kappa shape index (κ3) is 4.13. The number of halogens is 2. The van der Waals surface area contributed by atoms with Crippen LogP contribution in [0, 0.1) is 0 Å². The Morgan fingerprint density at radius 3 is 2.71 bits per heavy atom. The predicted molar refractivity (Wildman–Crippen MR) is 89.2 cm³/mol. The minimum Gasteiger partial charge on any atom is -0.496 e. The highest BCUT2D eigenvalue weighted by molar-refractivity contribution is 9.10. The molecular weight excluding hydrogens is 354 g/mol. The first-order valence-corrected chi connectivity index (χ1v) is 7.75. The van der Waals surface area contributed by atoms with E-state index >= 15 is 0 Å². The Bertz CT molecular complexity index is 619. The van der Waals surface area contributed by atoms with Crippen LogP contribution in [0.3, 0.4) is 0 Å². The molecule has 5 heteroatoms. The second-order valence-corrected chi connectivity index (χ2v) is 5.79. The fraction of sp³-hybridized carbons (Fsp3) is 0.250. The van der Waals surface area contributed by atoms with Gasteiger partial charge in [0.1, 0.15) is 18.1 Å². The van der Waals surface area contributed by atoms with Crippen LogP contribution in [0.5, 0.6) is 11.5 Å². The van der Waals surface area contributed by atoms with Gasteiger partial charge in [-0.05, 0) is 58.2 Å². The molecule has 0 radical (unpaired) electrons. The number of nitrogens with two attached hydrogens (primary N) is 1. The Kier molecular flexibility index (Phi) is 5.91. The Morgan fingerprint density at radius 1 is 1.24 bits per heavy atom. The summed E-state index contributed by atoms with van der Waals surface area (Å²) in [4.78, 5) is 0. The van der Waals surface area contributed by atoms with Crippen LogP contribution in [0.25, 0.3) is 0 Å². The summed E-state index contributed by atoms with van der Waals surface area (Å²) in [7, 11) is 1.64. The van der Waals surface area contributed by atoms with Crippen LogP contribution in [-0.2, 0) is 13.0 Å². The summed E-state index contributed by atoms with van der Waals surface area (Å²) >= 11 is 9.68. The SMILES string of the molecule is COc1ccc(COc2c(Cl)cccc2CCN)cc1Br. The molecule has 0 aromatic heterocycles. The molecule has 21 heavy (non-hydrogen) atoms. The summed E-state index contributed by atoms with van der Waals surface area (Å²) in [6, 6.07) is 11.5. The van der Waals surface area contributed by atoms with E-state index in [4.69, 9.17) is 26.8 Å². The molecule has 0 bridgehead atoms. The van der Waals surface area contributed by atoms with Gasteiger partial charge in [0.25, 0.3) is 0 Å². The molecule has 0 heterocycles. The molecule has 0 aliphatic carbocycles. The molecule has 0 saturated carbocycles. The number of para-hydroxylation sites is 1. The molecule has 0 aliphatic rings. The molecule has 0 amide bonds. The number of benzene rings is 2. The van der Waals surface area contributed by atoms with E-state index in [0.29, 0.717) is 23.9 Å². The van der Waals surface area contributed by atoms with Gasteiger partial charge in [0.15, 0.2) is 0 Å². The van der Waals surface area contributed by atoms with E-state index in [1.807, 2.05) is 36.4 Å². The highest BCUT2D eigenvalue weighted by Gasteiger charge is 2.09. The summed E-state index contributed by atoms with van der Waals surface area (Å²) in [6.45, 7) is 0.995. The molecule has 0 saturated heterocycles. The lowest BCUT2D eigenvalue weighted by molar-refractivity contribution is 0.303. The second-order valence-electron chi connectivity index (χ2n) is 4.52. The lowest BCUT2D eigenvalue weighted by Crippen LogP contribution is -2.06. The van der Waals surface area contributed by atoms with Gasteiger partial charge in [-0.2, -0.15) is 0 Å². The predicted octanol–water partition coefficient (Wildman–Crippen LogP) is 4.19. The van der Waals surface area contributed by atoms with E-state index in [1.165, 1.54) is 0 Å². The zero-order valence-corrected chi connectivity index (χ0v) is 14.1. The van der Waals surface area contributed by atoms with Crippen molar-refractivity contribution in [2.24, 2.45) is 5.73 Å². The quantitative estimate of drug-likeness (QED) is 0.829. The summed E-state index contributed by atoms with van der Waals surface area (Å²) < 4.78 is 12.0. The second kappa shape index (κ2) is 7.69. The average Bonchev–Trinajstić information content (AvgIpc) is 2.47. The van der Waals surface area contributed by atoms with E-state index < -0.39 is 0 Å². The van der Waals surface area contributed by atoms with Gasteiger partial charge in [0, 0.05) is 0 Å².